The predicted octanol–water partition coefficient (Wildman–Crippen LogP) is 4.66. The van der Waals surface area contributed by atoms with Crippen LogP contribution in [0.5, 0.6) is 0 Å². The highest BCUT2D eigenvalue weighted by atomic mass is 127. The lowest BCUT2D eigenvalue weighted by atomic mass is 10.2. The molecular formula is C14H15ClIN3. The third-order valence-electron chi connectivity index (χ3n) is 2.88. The zero-order valence-electron chi connectivity index (χ0n) is 11.1. The maximum Gasteiger partial charge on any atom is 0.138 e. The van der Waals surface area contributed by atoms with Crippen molar-refractivity contribution in [3.05, 3.63) is 43.9 Å². The van der Waals surface area contributed by atoms with E-state index in [2.05, 4.69) is 56.9 Å². The summed E-state index contributed by atoms with van der Waals surface area (Å²) in [5.74, 6) is 1.52. The Kier molecular flexibility index (Phi) is 4.62. The molecular weight excluding hydrogens is 373 g/mol. The van der Waals surface area contributed by atoms with Gasteiger partial charge in [0.25, 0.3) is 0 Å². The molecule has 0 radical (unpaired) electrons. The fourth-order valence-electron chi connectivity index (χ4n) is 1.62. The monoisotopic (exact) mass is 387 g/mol. The van der Waals surface area contributed by atoms with E-state index >= 15 is 0 Å². The minimum absolute atomic E-state index is 0.510. The average Bonchev–Trinajstić information content (AvgIpc) is 2.39. The Hall–Kier alpha value is -0.880. The minimum Gasteiger partial charge on any atom is -0.340 e. The summed E-state index contributed by atoms with van der Waals surface area (Å²) in [5, 5.41) is 3.83. The maximum absolute atomic E-state index is 6.13. The van der Waals surface area contributed by atoms with Crippen molar-refractivity contribution >= 4 is 45.7 Å². The molecule has 0 bridgehead atoms. The lowest BCUT2D eigenvalue weighted by molar-refractivity contribution is 0.934. The molecule has 0 atom stereocenters. The second kappa shape index (κ2) is 6.05. The molecule has 0 aliphatic rings. The van der Waals surface area contributed by atoms with Gasteiger partial charge < -0.3 is 5.32 Å². The third-order valence-corrected chi connectivity index (χ3v) is 4.41. The highest BCUT2D eigenvalue weighted by Gasteiger charge is 2.09. The molecule has 0 saturated heterocycles. The first-order valence-corrected chi connectivity index (χ1v) is 7.53. The van der Waals surface area contributed by atoms with Gasteiger partial charge in [-0.25, -0.2) is 9.97 Å². The predicted molar refractivity (Wildman–Crippen MR) is 88.3 cm³/mol. The van der Waals surface area contributed by atoms with E-state index in [1.54, 1.807) is 0 Å². The second-order valence-corrected chi connectivity index (χ2v) is 5.87. The molecule has 1 aromatic heterocycles. The number of rotatable bonds is 3. The van der Waals surface area contributed by atoms with Crippen LogP contribution in [-0.4, -0.2) is 9.97 Å². The normalized spacial score (nSPS) is 10.6. The molecule has 0 aliphatic heterocycles. The van der Waals surface area contributed by atoms with Crippen LogP contribution in [-0.2, 0) is 6.42 Å². The van der Waals surface area contributed by atoms with Gasteiger partial charge in [0.05, 0.1) is 0 Å². The van der Waals surface area contributed by atoms with Gasteiger partial charge in [0.15, 0.2) is 0 Å². The van der Waals surface area contributed by atoms with Crippen LogP contribution in [0.15, 0.2) is 18.2 Å². The molecule has 100 valence electrons. The molecule has 0 aliphatic carbocycles. The molecule has 19 heavy (non-hydrogen) atoms. The number of hydrogen-bond acceptors (Lipinski definition) is 3. The Balaban J connectivity index is 2.37. The van der Waals surface area contributed by atoms with E-state index in [0.29, 0.717) is 5.15 Å². The SMILES string of the molecule is CCc1nc(Cl)c(C)c(Nc2ccc(C)c(I)c2)n1. The molecule has 2 aromatic rings. The number of anilines is 2. The smallest absolute Gasteiger partial charge is 0.138 e. The molecule has 1 aromatic carbocycles. The van der Waals surface area contributed by atoms with E-state index in [0.717, 1.165) is 29.3 Å². The zero-order valence-corrected chi connectivity index (χ0v) is 14.0. The molecule has 1 heterocycles. The van der Waals surface area contributed by atoms with E-state index in [4.69, 9.17) is 11.6 Å². The number of aryl methyl sites for hydroxylation is 2. The first-order valence-electron chi connectivity index (χ1n) is 6.07. The Morgan fingerprint density at radius 2 is 2.00 bits per heavy atom. The summed E-state index contributed by atoms with van der Waals surface area (Å²) in [6.45, 7) is 6.02. The number of benzene rings is 1. The Morgan fingerprint density at radius 1 is 1.26 bits per heavy atom. The van der Waals surface area contributed by atoms with Crippen LogP contribution < -0.4 is 5.32 Å². The van der Waals surface area contributed by atoms with Gasteiger partial charge in [0.1, 0.15) is 16.8 Å². The topological polar surface area (TPSA) is 37.8 Å². The number of nitrogens with zero attached hydrogens (tertiary/aromatic N) is 2. The van der Waals surface area contributed by atoms with Crippen LogP contribution >= 0.6 is 34.2 Å². The molecule has 0 unspecified atom stereocenters. The fourth-order valence-corrected chi connectivity index (χ4v) is 2.32. The molecule has 3 nitrogen and oxygen atoms in total. The van der Waals surface area contributed by atoms with Crippen molar-refractivity contribution in [1.82, 2.24) is 9.97 Å². The summed E-state index contributed by atoms with van der Waals surface area (Å²) in [4.78, 5) is 8.73. The Labute approximate surface area is 132 Å². The van der Waals surface area contributed by atoms with Crippen molar-refractivity contribution in [3.63, 3.8) is 0 Å². The van der Waals surface area contributed by atoms with Crippen LogP contribution in [0.4, 0.5) is 11.5 Å². The van der Waals surface area contributed by atoms with Gasteiger partial charge in [-0.3, -0.25) is 0 Å². The summed E-state index contributed by atoms with van der Waals surface area (Å²) in [5.41, 5.74) is 3.14. The zero-order chi connectivity index (χ0) is 14.0. The first kappa shape index (κ1) is 14.5. The molecule has 0 amide bonds. The van der Waals surface area contributed by atoms with E-state index in [1.165, 1.54) is 9.13 Å². The number of aromatic nitrogens is 2. The Bertz CT molecular complexity index is 614. The molecule has 5 heteroatoms. The number of nitrogens with one attached hydrogen (secondary N) is 1. The van der Waals surface area contributed by atoms with Gasteiger partial charge >= 0.3 is 0 Å². The van der Waals surface area contributed by atoms with Crippen molar-refractivity contribution in [2.24, 2.45) is 0 Å². The number of hydrogen-bond donors (Lipinski definition) is 1. The summed E-state index contributed by atoms with van der Waals surface area (Å²) in [6, 6.07) is 6.22. The molecule has 0 fully saturated rings. The van der Waals surface area contributed by atoms with Crippen LogP contribution in [0, 0.1) is 17.4 Å². The first-order chi connectivity index (χ1) is 9.01. The summed E-state index contributed by atoms with van der Waals surface area (Å²) in [6.07, 6.45) is 0.764. The summed E-state index contributed by atoms with van der Waals surface area (Å²) >= 11 is 8.45. The Morgan fingerprint density at radius 3 is 2.63 bits per heavy atom. The summed E-state index contributed by atoms with van der Waals surface area (Å²) in [7, 11) is 0. The second-order valence-electron chi connectivity index (χ2n) is 4.35. The standard InChI is InChI=1S/C14H15ClIN3/c1-4-12-18-13(15)9(3)14(19-12)17-10-6-5-8(2)11(16)7-10/h5-7H,4H2,1-3H3,(H,17,18,19). The van der Waals surface area contributed by atoms with E-state index in [-0.39, 0.29) is 0 Å². The van der Waals surface area contributed by atoms with Crippen molar-refractivity contribution in [3.8, 4) is 0 Å². The lowest BCUT2D eigenvalue weighted by Gasteiger charge is -2.11. The highest BCUT2D eigenvalue weighted by molar-refractivity contribution is 14.1. The van der Waals surface area contributed by atoms with Gasteiger partial charge in [-0.15, -0.1) is 0 Å². The third kappa shape index (κ3) is 3.36. The van der Waals surface area contributed by atoms with Gasteiger partial charge in [-0.05, 0) is 54.1 Å². The lowest BCUT2D eigenvalue weighted by Crippen LogP contribution is -2.03. The minimum atomic E-state index is 0.510. The van der Waals surface area contributed by atoms with E-state index < -0.39 is 0 Å². The van der Waals surface area contributed by atoms with Gasteiger partial charge in [0, 0.05) is 21.2 Å². The van der Waals surface area contributed by atoms with Gasteiger partial charge in [0.2, 0.25) is 0 Å². The fraction of sp³-hybridized carbons (Fsp3) is 0.286. The molecule has 1 N–H and O–H groups in total. The molecule has 2 rings (SSSR count). The highest BCUT2D eigenvalue weighted by Crippen LogP contribution is 2.25. The van der Waals surface area contributed by atoms with Crippen molar-refractivity contribution in [2.75, 3.05) is 5.32 Å². The van der Waals surface area contributed by atoms with Crippen molar-refractivity contribution in [2.45, 2.75) is 27.2 Å². The quantitative estimate of drug-likeness (QED) is 0.615. The van der Waals surface area contributed by atoms with Gasteiger partial charge in [-0.1, -0.05) is 24.6 Å². The van der Waals surface area contributed by atoms with E-state index in [9.17, 15) is 0 Å². The van der Waals surface area contributed by atoms with E-state index in [1.807, 2.05) is 19.9 Å². The number of halogens is 2. The van der Waals surface area contributed by atoms with Crippen LogP contribution in [0.25, 0.3) is 0 Å². The van der Waals surface area contributed by atoms with Crippen LogP contribution in [0.3, 0.4) is 0 Å². The average molecular weight is 388 g/mol. The largest absolute Gasteiger partial charge is 0.340 e. The van der Waals surface area contributed by atoms with Crippen molar-refractivity contribution < 1.29 is 0 Å². The van der Waals surface area contributed by atoms with Gasteiger partial charge in [-0.2, -0.15) is 0 Å². The van der Waals surface area contributed by atoms with Crippen molar-refractivity contribution in [1.29, 1.82) is 0 Å². The maximum atomic E-state index is 6.13. The summed E-state index contributed by atoms with van der Waals surface area (Å²) < 4.78 is 1.22. The van der Waals surface area contributed by atoms with Crippen LogP contribution in [0.1, 0.15) is 23.9 Å². The molecule has 0 saturated carbocycles. The molecule has 0 spiro atoms. The van der Waals surface area contributed by atoms with Crippen LogP contribution in [0.2, 0.25) is 5.15 Å².